The summed E-state index contributed by atoms with van der Waals surface area (Å²) in [5, 5.41) is 13.7. The molecule has 1 aromatic carbocycles. The van der Waals surface area contributed by atoms with Crippen LogP contribution in [0, 0.1) is 6.92 Å². The Morgan fingerprint density at radius 3 is 2.75 bits per heavy atom. The summed E-state index contributed by atoms with van der Waals surface area (Å²) in [7, 11) is 0. The van der Waals surface area contributed by atoms with Crippen molar-refractivity contribution in [2.24, 2.45) is 5.73 Å². The summed E-state index contributed by atoms with van der Waals surface area (Å²) in [4.78, 5) is 4.26. The minimum Gasteiger partial charge on any atom is -0.508 e. The zero-order valence-electron chi connectivity index (χ0n) is 9.25. The van der Waals surface area contributed by atoms with Gasteiger partial charge in [-0.3, -0.25) is 0 Å². The van der Waals surface area contributed by atoms with Crippen LogP contribution in [0.2, 0.25) is 0 Å². The molecule has 0 fully saturated rings. The van der Waals surface area contributed by atoms with Gasteiger partial charge in [-0.25, -0.2) is 9.67 Å². The first-order valence-corrected chi connectivity index (χ1v) is 5.06. The zero-order chi connectivity index (χ0) is 11.7. The Bertz CT molecular complexity index is 504. The van der Waals surface area contributed by atoms with Crippen molar-refractivity contribution in [3.8, 4) is 11.4 Å². The molecule has 84 valence electrons. The molecule has 1 heterocycles. The first-order valence-electron chi connectivity index (χ1n) is 5.06. The third-order valence-corrected chi connectivity index (χ3v) is 2.27. The third-order valence-electron chi connectivity index (χ3n) is 2.27. The van der Waals surface area contributed by atoms with Gasteiger partial charge < -0.3 is 10.8 Å². The average molecular weight is 218 g/mol. The van der Waals surface area contributed by atoms with Crippen molar-refractivity contribution in [3.63, 3.8) is 0 Å². The number of rotatable bonds is 2. The smallest absolute Gasteiger partial charge is 0.167 e. The van der Waals surface area contributed by atoms with Crippen molar-refractivity contribution >= 4 is 0 Å². The second-order valence-corrected chi connectivity index (χ2v) is 3.74. The highest BCUT2D eigenvalue weighted by molar-refractivity contribution is 5.38. The molecule has 5 nitrogen and oxygen atoms in total. The van der Waals surface area contributed by atoms with E-state index in [9.17, 15) is 5.11 Å². The molecule has 1 atom stereocenters. The minimum atomic E-state index is -0.197. The summed E-state index contributed by atoms with van der Waals surface area (Å²) < 4.78 is 1.67. The lowest BCUT2D eigenvalue weighted by Gasteiger charge is -2.02. The normalized spacial score (nSPS) is 12.7. The van der Waals surface area contributed by atoms with Gasteiger partial charge in [0.15, 0.2) is 5.82 Å². The van der Waals surface area contributed by atoms with E-state index in [4.69, 9.17) is 5.73 Å². The predicted octanol–water partition coefficient (Wildman–Crippen LogP) is 1.30. The molecule has 5 heteroatoms. The van der Waals surface area contributed by atoms with E-state index in [0.717, 1.165) is 11.5 Å². The van der Waals surface area contributed by atoms with E-state index in [1.807, 2.05) is 19.9 Å². The Hall–Kier alpha value is -1.88. The van der Waals surface area contributed by atoms with E-state index in [1.165, 1.54) is 0 Å². The highest BCUT2D eigenvalue weighted by Crippen LogP contribution is 2.16. The molecule has 3 N–H and O–H groups in total. The fraction of sp³-hybridized carbons (Fsp3) is 0.273. The Morgan fingerprint density at radius 1 is 1.44 bits per heavy atom. The summed E-state index contributed by atoms with van der Waals surface area (Å²) in [5.41, 5.74) is 6.49. The van der Waals surface area contributed by atoms with E-state index in [-0.39, 0.29) is 11.8 Å². The average Bonchev–Trinajstić information content (AvgIpc) is 2.60. The van der Waals surface area contributed by atoms with Crippen LogP contribution in [0.3, 0.4) is 0 Å². The van der Waals surface area contributed by atoms with Gasteiger partial charge >= 0.3 is 0 Å². The number of benzene rings is 1. The van der Waals surface area contributed by atoms with Crippen LogP contribution < -0.4 is 5.73 Å². The monoisotopic (exact) mass is 218 g/mol. The highest BCUT2D eigenvalue weighted by atomic mass is 16.3. The van der Waals surface area contributed by atoms with Gasteiger partial charge in [-0.1, -0.05) is 6.07 Å². The maximum absolute atomic E-state index is 9.40. The summed E-state index contributed by atoms with van der Waals surface area (Å²) in [5.74, 6) is 1.55. The minimum absolute atomic E-state index is 0.197. The summed E-state index contributed by atoms with van der Waals surface area (Å²) >= 11 is 0. The lowest BCUT2D eigenvalue weighted by Crippen LogP contribution is -2.07. The molecular weight excluding hydrogens is 204 g/mol. The van der Waals surface area contributed by atoms with Crippen LogP contribution in [0.5, 0.6) is 5.75 Å². The molecule has 16 heavy (non-hydrogen) atoms. The molecule has 1 unspecified atom stereocenters. The zero-order valence-corrected chi connectivity index (χ0v) is 9.25. The quantitative estimate of drug-likeness (QED) is 0.796. The fourth-order valence-corrected chi connectivity index (χ4v) is 1.47. The van der Waals surface area contributed by atoms with Gasteiger partial charge in [0.05, 0.1) is 11.7 Å². The molecule has 0 amide bonds. The first kappa shape index (κ1) is 10.6. The van der Waals surface area contributed by atoms with Gasteiger partial charge in [0.2, 0.25) is 0 Å². The van der Waals surface area contributed by atoms with Crippen LogP contribution in [0.4, 0.5) is 0 Å². The van der Waals surface area contributed by atoms with Gasteiger partial charge in [-0.2, -0.15) is 0 Å². The SMILES string of the molecule is Cc1nc(C(C)N)nn1-c1cccc(O)c1. The number of hydrogen-bond donors (Lipinski definition) is 2. The molecule has 0 radical (unpaired) electrons. The molecule has 2 rings (SSSR count). The molecule has 2 aromatic rings. The number of aryl methyl sites for hydroxylation is 1. The molecule has 0 saturated heterocycles. The molecular formula is C11H14N4O. The second-order valence-electron chi connectivity index (χ2n) is 3.74. The maximum Gasteiger partial charge on any atom is 0.167 e. The topological polar surface area (TPSA) is 77.0 Å². The predicted molar refractivity (Wildman–Crippen MR) is 60.4 cm³/mol. The molecule has 0 bridgehead atoms. The van der Waals surface area contributed by atoms with Crippen LogP contribution in [-0.2, 0) is 0 Å². The number of phenols is 1. The lowest BCUT2D eigenvalue weighted by molar-refractivity contribution is 0.474. The number of hydrogen-bond acceptors (Lipinski definition) is 4. The first-order chi connectivity index (χ1) is 7.58. The summed E-state index contributed by atoms with van der Waals surface area (Å²) in [6.07, 6.45) is 0. The van der Waals surface area contributed by atoms with Crippen molar-refractivity contribution < 1.29 is 5.11 Å². The van der Waals surface area contributed by atoms with Crippen LogP contribution in [0.15, 0.2) is 24.3 Å². The van der Waals surface area contributed by atoms with E-state index >= 15 is 0 Å². The van der Waals surface area contributed by atoms with E-state index in [0.29, 0.717) is 5.82 Å². The van der Waals surface area contributed by atoms with Gasteiger partial charge in [0.1, 0.15) is 11.6 Å². The van der Waals surface area contributed by atoms with Crippen LogP contribution >= 0.6 is 0 Å². The van der Waals surface area contributed by atoms with Gasteiger partial charge in [-0.05, 0) is 26.0 Å². The summed E-state index contributed by atoms with van der Waals surface area (Å²) in [6.45, 7) is 3.69. The third kappa shape index (κ3) is 1.90. The van der Waals surface area contributed by atoms with Crippen molar-refractivity contribution in [2.45, 2.75) is 19.9 Å². The van der Waals surface area contributed by atoms with E-state index < -0.39 is 0 Å². The van der Waals surface area contributed by atoms with Crippen LogP contribution in [0.1, 0.15) is 24.6 Å². The molecule has 0 spiro atoms. The van der Waals surface area contributed by atoms with Crippen molar-refractivity contribution in [3.05, 3.63) is 35.9 Å². The number of phenolic OH excluding ortho intramolecular Hbond substituents is 1. The Labute approximate surface area is 93.5 Å². The number of aromatic hydroxyl groups is 1. The highest BCUT2D eigenvalue weighted by Gasteiger charge is 2.10. The molecule has 1 aromatic heterocycles. The molecule has 0 aliphatic rings. The maximum atomic E-state index is 9.40. The molecule has 0 aliphatic heterocycles. The van der Waals surface area contributed by atoms with Crippen molar-refractivity contribution in [1.82, 2.24) is 14.8 Å². The fourth-order valence-electron chi connectivity index (χ4n) is 1.47. The molecule has 0 aliphatic carbocycles. The van der Waals surface area contributed by atoms with Gasteiger partial charge in [0, 0.05) is 6.07 Å². The lowest BCUT2D eigenvalue weighted by atomic mass is 10.3. The number of nitrogens with zero attached hydrogens (tertiary/aromatic N) is 3. The van der Waals surface area contributed by atoms with Gasteiger partial charge in [0.25, 0.3) is 0 Å². The largest absolute Gasteiger partial charge is 0.508 e. The molecule has 0 saturated carbocycles. The van der Waals surface area contributed by atoms with Crippen molar-refractivity contribution in [2.75, 3.05) is 0 Å². The van der Waals surface area contributed by atoms with Crippen LogP contribution in [0.25, 0.3) is 5.69 Å². The van der Waals surface area contributed by atoms with Crippen molar-refractivity contribution in [1.29, 1.82) is 0 Å². The Balaban J connectivity index is 2.48. The van der Waals surface area contributed by atoms with E-state index in [1.54, 1.807) is 22.9 Å². The standard InChI is InChI=1S/C11H14N4O/c1-7(12)11-13-8(2)15(14-11)9-4-3-5-10(16)6-9/h3-7,16H,12H2,1-2H3. The second kappa shape index (κ2) is 3.94. The van der Waals surface area contributed by atoms with Crippen LogP contribution in [-0.4, -0.2) is 19.9 Å². The Morgan fingerprint density at radius 2 is 2.19 bits per heavy atom. The number of nitrogens with two attached hydrogens (primary N) is 1. The summed E-state index contributed by atoms with van der Waals surface area (Å²) in [6, 6.07) is 6.66. The number of aromatic nitrogens is 3. The Kier molecular flexibility index (Phi) is 2.62. The van der Waals surface area contributed by atoms with E-state index in [2.05, 4.69) is 10.1 Å². The van der Waals surface area contributed by atoms with Gasteiger partial charge in [-0.15, -0.1) is 5.10 Å².